The topological polar surface area (TPSA) is 129 Å². The Balaban J connectivity index is 1.99. The van der Waals surface area contributed by atoms with Crippen LogP contribution in [0.15, 0.2) is 70.8 Å². The molecule has 0 atom stereocenters. The van der Waals surface area contributed by atoms with Crippen molar-refractivity contribution in [2.45, 2.75) is 0 Å². The van der Waals surface area contributed by atoms with E-state index < -0.39 is 16.7 Å². The van der Waals surface area contributed by atoms with Crippen molar-refractivity contribution in [1.82, 2.24) is 5.32 Å². The van der Waals surface area contributed by atoms with Crippen LogP contribution in [-0.2, 0) is 4.79 Å². The van der Waals surface area contributed by atoms with E-state index in [-0.39, 0.29) is 16.9 Å². The smallest absolute Gasteiger partial charge is 0.272 e. The van der Waals surface area contributed by atoms with Gasteiger partial charge in [-0.05, 0) is 42.0 Å². The van der Waals surface area contributed by atoms with E-state index in [1.54, 1.807) is 42.5 Å². The number of non-ortho nitro benzene ring substituents is 1. The quantitative estimate of drug-likeness (QED) is 0.220. The molecular formula is C25H22BrN3O7. The van der Waals surface area contributed by atoms with E-state index in [4.69, 9.17) is 14.2 Å². The lowest BCUT2D eigenvalue weighted by Crippen LogP contribution is -2.31. The molecule has 0 aliphatic rings. The van der Waals surface area contributed by atoms with Gasteiger partial charge >= 0.3 is 0 Å². The van der Waals surface area contributed by atoms with Crippen LogP contribution in [0, 0.1) is 10.1 Å². The fraction of sp³-hybridized carbons (Fsp3) is 0.120. The van der Waals surface area contributed by atoms with Crippen molar-refractivity contribution in [2.75, 3.05) is 26.6 Å². The van der Waals surface area contributed by atoms with Gasteiger partial charge in [-0.3, -0.25) is 19.7 Å². The van der Waals surface area contributed by atoms with Crippen LogP contribution in [0.4, 0.5) is 11.4 Å². The van der Waals surface area contributed by atoms with E-state index in [1.165, 1.54) is 45.6 Å². The van der Waals surface area contributed by atoms with Crippen molar-refractivity contribution in [3.8, 4) is 17.2 Å². The lowest BCUT2D eigenvalue weighted by atomic mass is 10.1. The van der Waals surface area contributed by atoms with Crippen molar-refractivity contribution in [3.05, 3.63) is 92.1 Å². The molecule has 3 rings (SSSR count). The lowest BCUT2D eigenvalue weighted by Gasteiger charge is -2.14. The zero-order valence-corrected chi connectivity index (χ0v) is 21.1. The van der Waals surface area contributed by atoms with Gasteiger partial charge in [0.1, 0.15) is 11.4 Å². The maximum Gasteiger partial charge on any atom is 0.272 e. The van der Waals surface area contributed by atoms with Crippen LogP contribution in [0.25, 0.3) is 6.08 Å². The van der Waals surface area contributed by atoms with Crippen molar-refractivity contribution in [3.63, 3.8) is 0 Å². The molecule has 0 aliphatic carbocycles. The minimum absolute atomic E-state index is 0.155. The van der Waals surface area contributed by atoms with E-state index in [2.05, 4.69) is 26.6 Å². The van der Waals surface area contributed by atoms with Crippen molar-refractivity contribution < 1.29 is 28.7 Å². The second-order valence-electron chi connectivity index (χ2n) is 7.23. The third-order valence-corrected chi connectivity index (χ3v) is 5.43. The molecule has 0 saturated carbocycles. The molecule has 2 amide bonds. The third kappa shape index (κ3) is 6.39. The summed E-state index contributed by atoms with van der Waals surface area (Å²) >= 11 is 3.32. The zero-order valence-electron chi connectivity index (χ0n) is 19.5. The molecule has 0 aromatic heterocycles. The summed E-state index contributed by atoms with van der Waals surface area (Å²) in [6, 6.07) is 15.3. The molecule has 36 heavy (non-hydrogen) atoms. The first kappa shape index (κ1) is 26.2. The number of carbonyl (C=O) groups excluding carboxylic acids is 2. The van der Waals surface area contributed by atoms with Gasteiger partial charge in [0.25, 0.3) is 17.5 Å². The highest BCUT2D eigenvalue weighted by molar-refractivity contribution is 9.10. The number of carbonyl (C=O) groups is 2. The predicted octanol–water partition coefficient (Wildman–Crippen LogP) is 4.79. The number of nitro groups is 1. The highest BCUT2D eigenvalue weighted by Crippen LogP contribution is 2.30. The summed E-state index contributed by atoms with van der Waals surface area (Å²) in [5, 5.41) is 16.5. The minimum atomic E-state index is -0.670. The maximum atomic E-state index is 13.2. The summed E-state index contributed by atoms with van der Waals surface area (Å²) in [6.07, 6.45) is 1.34. The number of nitrogens with one attached hydrogen (secondary N) is 2. The normalized spacial score (nSPS) is 10.8. The molecule has 3 aromatic carbocycles. The molecule has 0 radical (unpaired) electrons. The molecule has 2 N–H and O–H groups in total. The van der Waals surface area contributed by atoms with Crippen LogP contribution in [0.2, 0.25) is 0 Å². The summed E-state index contributed by atoms with van der Waals surface area (Å²) in [4.78, 5) is 37.0. The molecule has 0 fully saturated rings. The highest BCUT2D eigenvalue weighted by Gasteiger charge is 2.19. The van der Waals surface area contributed by atoms with Crippen LogP contribution in [0.5, 0.6) is 17.2 Å². The number of hydrogen-bond donors (Lipinski definition) is 2. The number of nitro benzene ring substituents is 1. The molecule has 0 heterocycles. The predicted molar refractivity (Wildman–Crippen MR) is 137 cm³/mol. The molecule has 0 saturated heterocycles. The van der Waals surface area contributed by atoms with E-state index in [1.807, 2.05) is 0 Å². The van der Waals surface area contributed by atoms with Crippen LogP contribution >= 0.6 is 15.9 Å². The van der Waals surface area contributed by atoms with E-state index in [9.17, 15) is 19.7 Å². The van der Waals surface area contributed by atoms with Gasteiger partial charge in [-0.2, -0.15) is 0 Å². The fourth-order valence-corrected chi connectivity index (χ4v) is 3.57. The monoisotopic (exact) mass is 555 g/mol. The van der Waals surface area contributed by atoms with Gasteiger partial charge in [0.2, 0.25) is 0 Å². The number of amides is 2. The lowest BCUT2D eigenvalue weighted by molar-refractivity contribution is -0.384. The first-order valence-corrected chi connectivity index (χ1v) is 11.2. The van der Waals surface area contributed by atoms with Gasteiger partial charge < -0.3 is 24.8 Å². The number of rotatable bonds is 9. The maximum absolute atomic E-state index is 13.2. The Morgan fingerprint density at radius 3 is 2.28 bits per heavy atom. The Labute approximate surface area is 215 Å². The van der Waals surface area contributed by atoms with Gasteiger partial charge in [0.05, 0.1) is 31.8 Å². The molecule has 186 valence electrons. The molecule has 11 heteroatoms. The number of halogens is 1. The van der Waals surface area contributed by atoms with Crippen LogP contribution in [-0.4, -0.2) is 38.1 Å². The van der Waals surface area contributed by atoms with E-state index in [0.717, 1.165) is 0 Å². The van der Waals surface area contributed by atoms with Gasteiger partial charge in [0.15, 0.2) is 11.5 Å². The third-order valence-electron chi connectivity index (χ3n) is 4.93. The molecule has 10 nitrogen and oxygen atoms in total. The zero-order chi connectivity index (χ0) is 26.2. The second-order valence-corrected chi connectivity index (χ2v) is 8.15. The summed E-state index contributed by atoms with van der Waals surface area (Å²) in [5.74, 6) is -0.130. The standard InChI is InChI=1S/C25H22BrN3O7/c1-34-21-9-7-16(26)13-19(21)24(30)28-20(12-15-5-4-6-18(11-15)29(32)33)25(31)27-17-8-10-22(35-2)23(14-17)36-3/h4-14H,1-3H3,(H,27,31)(H,28,30)/b20-12-. The SMILES string of the molecule is COc1ccc(NC(=O)/C(=C/c2cccc([N+](=O)[O-])c2)NC(=O)c2cc(Br)ccc2OC)cc1OC. The molecule has 0 bridgehead atoms. The van der Waals surface area contributed by atoms with Crippen LogP contribution < -0.4 is 24.8 Å². The first-order chi connectivity index (χ1) is 17.2. The van der Waals surface area contributed by atoms with E-state index >= 15 is 0 Å². The number of methoxy groups -OCH3 is 3. The summed E-state index contributed by atoms with van der Waals surface area (Å²) in [7, 11) is 4.37. The molecule has 0 unspecified atom stereocenters. The van der Waals surface area contributed by atoms with Crippen LogP contribution in [0.1, 0.15) is 15.9 Å². The molecule has 3 aromatic rings. The largest absolute Gasteiger partial charge is 0.496 e. The Kier molecular flexibility index (Phi) is 8.63. The van der Waals surface area contributed by atoms with Crippen LogP contribution in [0.3, 0.4) is 0 Å². The first-order valence-electron chi connectivity index (χ1n) is 10.4. The number of anilines is 1. The Hall–Kier alpha value is -4.38. The van der Waals surface area contributed by atoms with Gasteiger partial charge in [-0.25, -0.2) is 0 Å². The minimum Gasteiger partial charge on any atom is -0.496 e. The Bertz CT molecular complexity index is 1340. The molecule has 0 spiro atoms. The number of benzene rings is 3. The van der Waals surface area contributed by atoms with Crippen molar-refractivity contribution in [1.29, 1.82) is 0 Å². The fourth-order valence-electron chi connectivity index (χ4n) is 3.21. The average molecular weight is 556 g/mol. The number of hydrogen-bond acceptors (Lipinski definition) is 7. The van der Waals surface area contributed by atoms with Gasteiger partial charge in [-0.1, -0.05) is 28.1 Å². The molecule has 0 aliphatic heterocycles. The van der Waals surface area contributed by atoms with Gasteiger partial charge in [0, 0.05) is 28.4 Å². The van der Waals surface area contributed by atoms with Crippen molar-refractivity contribution >= 4 is 45.2 Å². The summed E-state index contributed by atoms with van der Waals surface area (Å²) in [6.45, 7) is 0. The number of nitrogens with zero attached hydrogens (tertiary/aromatic N) is 1. The summed E-state index contributed by atoms with van der Waals surface area (Å²) in [5.41, 5.74) is 0.566. The van der Waals surface area contributed by atoms with Gasteiger partial charge in [-0.15, -0.1) is 0 Å². The Morgan fingerprint density at radius 1 is 0.917 bits per heavy atom. The average Bonchev–Trinajstić information content (AvgIpc) is 2.88. The molecular weight excluding hydrogens is 534 g/mol. The van der Waals surface area contributed by atoms with Crippen molar-refractivity contribution in [2.24, 2.45) is 0 Å². The second kappa shape index (κ2) is 11.8. The summed E-state index contributed by atoms with van der Waals surface area (Å²) < 4.78 is 16.4. The highest BCUT2D eigenvalue weighted by atomic mass is 79.9. The number of ether oxygens (including phenoxy) is 3. The Morgan fingerprint density at radius 2 is 1.61 bits per heavy atom. The van der Waals surface area contributed by atoms with E-state index in [0.29, 0.717) is 33.0 Å².